The first-order chi connectivity index (χ1) is 20.8. The summed E-state index contributed by atoms with van der Waals surface area (Å²) in [6.07, 6.45) is 5.64. The quantitative estimate of drug-likeness (QED) is 0.299. The molecular weight excluding hydrogens is 565 g/mol. The molecule has 2 amide bonds. The molecule has 2 aliphatic heterocycles. The molecule has 0 spiro atoms. The van der Waals surface area contributed by atoms with Crippen molar-refractivity contribution >= 4 is 73.0 Å². The van der Waals surface area contributed by atoms with E-state index in [4.69, 9.17) is 64.4 Å². The van der Waals surface area contributed by atoms with E-state index in [0.717, 1.165) is 10.5 Å². The van der Waals surface area contributed by atoms with E-state index in [1.807, 2.05) is 13.8 Å². The van der Waals surface area contributed by atoms with Crippen LogP contribution in [0.2, 0.25) is 10.4 Å². The van der Waals surface area contributed by atoms with Crippen LogP contribution >= 0.6 is 0 Å². The molecule has 1 fully saturated rings. The van der Waals surface area contributed by atoms with E-state index in [1.165, 1.54) is 50.4 Å². The Bertz CT molecular complexity index is 1390. The van der Waals surface area contributed by atoms with Crippen molar-refractivity contribution in [3.8, 4) is 0 Å². The van der Waals surface area contributed by atoms with Crippen LogP contribution in [0.25, 0.3) is 0 Å². The Morgan fingerprint density at radius 1 is 1.13 bits per heavy atom. The smallest absolute Gasteiger partial charge is 0.250 e. The minimum Gasteiger partial charge on any atom is -0.503 e. The summed E-state index contributed by atoms with van der Waals surface area (Å²) in [4.78, 5) is 41.5. The molecule has 3 atom stereocenters. The number of allylic oxidation sites excluding steroid dienone is 3. The van der Waals surface area contributed by atoms with Gasteiger partial charge in [0.1, 0.15) is 41.4 Å². The summed E-state index contributed by atoms with van der Waals surface area (Å²) in [6.45, 7) is 6.79. The highest BCUT2D eigenvalue weighted by Gasteiger charge is 2.56. The second-order valence-electron chi connectivity index (χ2n) is 11.7. The third-order valence-electron chi connectivity index (χ3n) is 7.85. The molecule has 1 aromatic rings. The molecule has 1 N–H and O–H groups in total. The third-order valence-corrected chi connectivity index (χ3v) is 7.85. The molecule has 1 saturated heterocycles. The molecule has 220 valence electrons. The maximum Gasteiger partial charge on any atom is 0.250 e. The first-order valence-corrected chi connectivity index (χ1v) is 14.2. The average Bonchev–Trinajstić information content (AvgIpc) is 3.01. The van der Waals surface area contributed by atoms with Gasteiger partial charge in [0, 0.05) is 44.4 Å². The SMILES string of the molecule is [B]C([B])(OC1=CCN(C([B])(C(=O)NC)C([B])([B])C([B])([B])C=O)C(=O)/C(C)=C/C=C1)c1cc(CN2CC(C)OC(C)C2)ccc1F. The molecule has 45 heavy (non-hydrogen) atoms. The summed E-state index contributed by atoms with van der Waals surface area (Å²) in [7, 11) is 44.5. The number of nitrogens with zero attached hydrogens (tertiary/aromatic N) is 2. The van der Waals surface area contributed by atoms with E-state index in [2.05, 4.69) is 10.2 Å². The number of rotatable bonds is 10. The van der Waals surface area contributed by atoms with E-state index in [9.17, 15) is 14.4 Å². The molecule has 0 aromatic heterocycles. The average molecular weight is 596 g/mol. The highest BCUT2D eigenvalue weighted by Crippen LogP contribution is 2.50. The molecule has 8 nitrogen and oxygen atoms in total. The van der Waals surface area contributed by atoms with E-state index < -0.39 is 45.4 Å². The Labute approximate surface area is 274 Å². The van der Waals surface area contributed by atoms with Crippen LogP contribution in [0, 0.1) is 5.82 Å². The second kappa shape index (κ2) is 13.9. The van der Waals surface area contributed by atoms with Gasteiger partial charge in [-0.2, -0.15) is 0 Å². The lowest BCUT2D eigenvalue weighted by Gasteiger charge is -2.57. The molecule has 3 unspecified atom stereocenters. The van der Waals surface area contributed by atoms with Crippen LogP contribution in [0.15, 0.2) is 53.8 Å². The summed E-state index contributed by atoms with van der Waals surface area (Å²) in [5.41, 5.74) is -2.00. The Kier molecular flexibility index (Phi) is 11.3. The fourth-order valence-electron chi connectivity index (χ4n) is 5.33. The normalized spacial score (nSPS) is 23.0. The molecule has 2 heterocycles. The fourth-order valence-corrected chi connectivity index (χ4v) is 5.33. The van der Waals surface area contributed by atoms with Crippen LogP contribution < -0.4 is 5.32 Å². The van der Waals surface area contributed by atoms with E-state index in [-0.39, 0.29) is 35.4 Å². The van der Waals surface area contributed by atoms with E-state index >= 15 is 4.39 Å². The maximum atomic E-state index is 15.1. The number of likely N-dealkylation sites (N-methyl/N-ethyl adjacent to an activating group) is 1. The minimum atomic E-state index is -2.71. The van der Waals surface area contributed by atoms with Gasteiger partial charge < -0.3 is 24.5 Å². The number of benzene rings is 1. The fraction of sp³-hybridized carbons (Fsp3) is 0.483. The zero-order valence-electron chi connectivity index (χ0n) is 26.0. The van der Waals surface area contributed by atoms with Crippen LogP contribution in [0.5, 0.6) is 0 Å². The van der Waals surface area contributed by atoms with Gasteiger partial charge in [-0.15, -0.1) is 0 Å². The maximum absolute atomic E-state index is 15.1. The summed E-state index contributed by atoms with van der Waals surface area (Å²) >= 11 is 0. The van der Waals surface area contributed by atoms with Crippen molar-refractivity contribution in [1.82, 2.24) is 15.1 Å². The highest BCUT2D eigenvalue weighted by atomic mass is 19.1. The van der Waals surface area contributed by atoms with Crippen LogP contribution in [0.1, 0.15) is 31.9 Å². The van der Waals surface area contributed by atoms with Crippen molar-refractivity contribution in [2.75, 3.05) is 26.7 Å². The number of hydrogen-bond donors (Lipinski definition) is 1. The van der Waals surface area contributed by atoms with Crippen LogP contribution in [-0.4, -0.2) is 127 Å². The summed E-state index contributed by atoms with van der Waals surface area (Å²) in [6, 6.07) is 4.41. The van der Waals surface area contributed by atoms with Gasteiger partial charge in [-0.05, 0) is 50.6 Å². The van der Waals surface area contributed by atoms with Crippen molar-refractivity contribution in [3.05, 3.63) is 70.8 Å². The zero-order chi connectivity index (χ0) is 34.0. The molecule has 0 saturated carbocycles. The molecule has 2 aliphatic rings. The molecule has 16 heteroatoms. The number of halogens is 1. The molecular formula is C29H31B7FN3O5. The molecule has 0 bridgehead atoms. The summed E-state index contributed by atoms with van der Waals surface area (Å²) in [5.74, 6) is -2.62. The number of carbonyl (C=O) groups is 3. The van der Waals surface area contributed by atoms with Crippen molar-refractivity contribution in [2.24, 2.45) is 0 Å². The van der Waals surface area contributed by atoms with Crippen LogP contribution in [0.3, 0.4) is 0 Å². The lowest BCUT2D eigenvalue weighted by Crippen LogP contribution is -2.70. The van der Waals surface area contributed by atoms with Gasteiger partial charge in [0.2, 0.25) is 11.8 Å². The Morgan fingerprint density at radius 2 is 1.76 bits per heavy atom. The van der Waals surface area contributed by atoms with Crippen molar-refractivity contribution < 1.29 is 28.2 Å². The standard InChI is InChI=1S/C29H31B7FN3O5/c1-17-6-5-7-21(10-11-40(24(17)42)27(32,25(43)38-4)29(35,36)26(30,31)16-41)45-28(33,34)22-12-20(8-9-23(22)37)15-39-13-18(2)44-19(3)14-39/h5-10,12,16,18-19H,11,13-15H2,1-4H3,(H,38,43)/b7-5?,17-6+,21-10?. The number of ether oxygens (including phenoxy) is 2. The minimum absolute atomic E-state index is 0.0208. The van der Waals surface area contributed by atoms with Gasteiger partial charge >= 0.3 is 0 Å². The van der Waals surface area contributed by atoms with Crippen LogP contribution in [0.4, 0.5) is 4.39 Å². The topological polar surface area (TPSA) is 88.2 Å². The van der Waals surface area contributed by atoms with Gasteiger partial charge in [-0.3, -0.25) is 14.5 Å². The number of nitrogens with one attached hydrogen (secondary N) is 1. The first-order valence-electron chi connectivity index (χ1n) is 14.2. The van der Waals surface area contributed by atoms with Gasteiger partial charge in [0.05, 0.1) is 54.4 Å². The van der Waals surface area contributed by atoms with Crippen LogP contribution in [-0.2, 0) is 35.8 Å². The highest BCUT2D eigenvalue weighted by molar-refractivity contribution is 6.63. The van der Waals surface area contributed by atoms with E-state index in [1.54, 1.807) is 6.07 Å². The Hall–Kier alpha value is -2.85. The molecule has 3 rings (SSSR count). The molecule has 0 aliphatic carbocycles. The monoisotopic (exact) mass is 597 g/mol. The number of aldehydes is 1. The first kappa shape index (κ1) is 36.6. The van der Waals surface area contributed by atoms with Gasteiger partial charge in [0.25, 0.3) is 0 Å². The molecule has 14 radical (unpaired) electrons. The summed E-state index contributed by atoms with van der Waals surface area (Å²) in [5, 5.41) is -5.20. The summed E-state index contributed by atoms with van der Waals surface area (Å²) < 4.78 is 26.8. The van der Waals surface area contributed by atoms with Gasteiger partial charge in [-0.25, -0.2) is 4.39 Å². The number of amides is 2. The lowest BCUT2D eigenvalue weighted by atomic mass is 9.22. The van der Waals surface area contributed by atoms with Crippen molar-refractivity contribution in [3.63, 3.8) is 0 Å². The number of hydrogen-bond acceptors (Lipinski definition) is 6. The van der Waals surface area contributed by atoms with Gasteiger partial charge in [0.15, 0.2) is 0 Å². The van der Waals surface area contributed by atoms with Crippen molar-refractivity contribution in [2.45, 2.75) is 60.8 Å². The zero-order valence-corrected chi connectivity index (χ0v) is 26.0. The van der Waals surface area contributed by atoms with E-state index in [0.29, 0.717) is 19.6 Å². The third kappa shape index (κ3) is 7.59. The Balaban J connectivity index is 2.00. The largest absolute Gasteiger partial charge is 0.503 e. The van der Waals surface area contributed by atoms with Gasteiger partial charge in [-0.1, -0.05) is 28.6 Å². The lowest BCUT2D eigenvalue weighted by molar-refractivity contribution is -0.140. The Morgan fingerprint density at radius 3 is 2.33 bits per heavy atom. The number of carbonyl (C=O) groups excluding carboxylic acids is 3. The molecule has 1 aromatic carbocycles. The van der Waals surface area contributed by atoms with Crippen molar-refractivity contribution in [1.29, 1.82) is 0 Å². The second-order valence-corrected chi connectivity index (χ2v) is 11.7. The number of morpholine rings is 1. The predicted molar refractivity (Wildman–Crippen MR) is 176 cm³/mol. The predicted octanol–water partition coefficient (Wildman–Crippen LogP) is -0.156.